The summed E-state index contributed by atoms with van der Waals surface area (Å²) in [5, 5.41) is 13.8. The summed E-state index contributed by atoms with van der Waals surface area (Å²) in [7, 11) is 0. The molecule has 11 aromatic carbocycles. The summed E-state index contributed by atoms with van der Waals surface area (Å²) in [6.07, 6.45) is 0. The van der Waals surface area contributed by atoms with E-state index in [1.165, 1.54) is 52.9 Å². The average Bonchev–Trinajstić information content (AvgIpc) is 4.53. The van der Waals surface area contributed by atoms with Gasteiger partial charge in [-0.15, -0.1) is 22.7 Å². The van der Waals surface area contributed by atoms with E-state index in [1.807, 2.05) is 12.1 Å². The van der Waals surface area contributed by atoms with Crippen molar-refractivity contribution in [2.24, 2.45) is 0 Å². The summed E-state index contributed by atoms with van der Waals surface area (Å²) in [6.45, 7) is 0. The zero-order valence-electron chi connectivity index (χ0n) is 42.0. The summed E-state index contributed by atoms with van der Waals surface area (Å²) in [5.41, 5.74) is 17.7. The van der Waals surface area contributed by atoms with Gasteiger partial charge in [-0.2, -0.15) is 0 Å². The molecule has 18 rings (SSSR count). The molecule has 7 heteroatoms. The van der Waals surface area contributed by atoms with Gasteiger partial charge in [-0.25, -0.2) is 9.97 Å². The Morgan fingerprint density at radius 1 is 0.329 bits per heavy atom. The number of rotatable bonds is 5. The molecular formula is C72H39N3O2S2. The van der Waals surface area contributed by atoms with Crippen LogP contribution in [0.4, 0.5) is 0 Å². The van der Waals surface area contributed by atoms with Gasteiger partial charge in [0.2, 0.25) is 0 Å². The van der Waals surface area contributed by atoms with Crippen LogP contribution in [0, 0.1) is 0 Å². The lowest BCUT2D eigenvalue weighted by molar-refractivity contribution is 0.658. The van der Waals surface area contributed by atoms with E-state index in [9.17, 15) is 0 Å². The quantitative estimate of drug-likeness (QED) is 0.172. The van der Waals surface area contributed by atoms with Gasteiger partial charge in [0.05, 0.1) is 27.6 Å². The predicted octanol–water partition coefficient (Wildman–Crippen LogP) is 21.1. The molecule has 18 aromatic rings. The first-order chi connectivity index (χ1) is 39.2. The van der Waals surface area contributed by atoms with Gasteiger partial charge in [0.1, 0.15) is 32.0 Å². The fourth-order valence-corrected chi connectivity index (χ4v) is 15.3. The van der Waals surface area contributed by atoms with Gasteiger partial charge >= 0.3 is 0 Å². The predicted molar refractivity (Wildman–Crippen MR) is 333 cm³/mol. The standard InChI is InChI=1S/C72H39N3O2S2/c1-7-25-56-50(21-1)63(40-31-34-44(35-32-40)75-58-26-8-2-17-46(58)47-18-3-9-27-59(47)75)67-52-24-14-23-45(70(52)79-72(67)73-56)41-33-36-57-55(38-41)64(66-51-22-6-12-30-62(51)78-71(66)74-57)42-15-13-16-43(37-42)65-68-53(48-19-4-10-28-60(48)76-68)39-54-49-20-5-11-29-61(49)77-69(54)65/h1-39H. The molecule has 7 aromatic heterocycles. The van der Waals surface area contributed by atoms with Crippen LogP contribution >= 0.6 is 22.7 Å². The summed E-state index contributed by atoms with van der Waals surface area (Å²) < 4.78 is 18.4. The number of para-hydroxylation sites is 5. The maximum atomic E-state index is 6.82. The first-order valence-corrected chi connectivity index (χ1v) is 28.2. The molecule has 7 heterocycles. The van der Waals surface area contributed by atoms with Crippen molar-refractivity contribution < 1.29 is 8.83 Å². The van der Waals surface area contributed by atoms with Gasteiger partial charge in [-0.05, 0) is 101 Å². The van der Waals surface area contributed by atoms with E-state index in [-0.39, 0.29) is 0 Å². The minimum Gasteiger partial charge on any atom is -0.455 e. The number of thiophene rings is 2. The number of hydrogen-bond donors (Lipinski definition) is 0. The Morgan fingerprint density at radius 2 is 0.861 bits per heavy atom. The van der Waals surface area contributed by atoms with E-state index in [0.717, 1.165) is 125 Å². The second-order valence-corrected chi connectivity index (χ2v) is 22.7. The molecule has 0 aliphatic heterocycles. The fourth-order valence-electron chi connectivity index (χ4n) is 13.0. The van der Waals surface area contributed by atoms with Crippen LogP contribution < -0.4 is 0 Å². The van der Waals surface area contributed by atoms with Crippen LogP contribution in [0.5, 0.6) is 0 Å². The minimum atomic E-state index is 0.816. The molecule has 0 amide bonds. The first kappa shape index (κ1) is 43.2. The second kappa shape index (κ2) is 16.3. The molecule has 0 saturated carbocycles. The number of fused-ring (bicyclic) bond motifs is 17. The molecule has 0 spiro atoms. The van der Waals surface area contributed by atoms with E-state index < -0.39 is 0 Å². The largest absolute Gasteiger partial charge is 0.455 e. The Labute approximate surface area is 458 Å². The van der Waals surface area contributed by atoms with E-state index in [2.05, 4.69) is 229 Å². The topological polar surface area (TPSA) is 57.0 Å². The van der Waals surface area contributed by atoms with E-state index in [4.69, 9.17) is 18.8 Å². The van der Waals surface area contributed by atoms with Crippen LogP contribution in [0.3, 0.4) is 0 Å². The molecular weight excluding hydrogens is 1000 g/mol. The van der Waals surface area contributed by atoms with Crippen LogP contribution in [0.25, 0.3) is 178 Å². The fraction of sp³-hybridized carbons (Fsp3) is 0. The third-order valence-corrected chi connectivity index (χ3v) is 18.6. The van der Waals surface area contributed by atoms with Gasteiger partial charge in [0.25, 0.3) is 0 Å². The smallest absolute Gasteiger partial charge is 0.147 e. The van der Waals surface area contributed by atoms with Gasteiger partial charge in [-0.1, -0.05) is 164 Å². The second-order valence-electron chi connectivity index (χ2n) is 20.7. The highest BCUT2D eigenvalue weighted by atomic mass is 32.1. The van der Waals surface area contributed by atoms with Crippen LogP contribution in [-0.2, 0) is 0 Å². The van der Waals surface area contributed by atoms with E-state index in [1.54, 1.807) is 22.7 Å². The molecule has 366 valence electrons. The maximum Gasteiger partial charge on any atom is 0.147 e. The van der Waals surface area contributed by atoms with Crippen molar-refractivity contribution in [3.63, 3.8) is 0 Å². The lowest BCUT2D eigenvalue weighted by atomic mass is 9.91. The van der Waals surface area contributed by atoms with Gasteiger partial charge in [0.15, 0.2) is 0 Å². The molecule has 0 atom stereocenters. The molecule has 0 aliphatic carbocycles. The Bertz CT molecular complexity index is 5500. The average molecular weight is 1040 g/mol. The molecule has 0 radical (unpaired) electrons. The van der Waals surface area contributed by atoms with Crippen LogP contribution in [0.1, 0.15) is 0 Å². The van der Waals surface area contributed by atoms with E-state index >= 15 is 0 Å². The Hall–Kier alpha value is -9.92. The first-order valence-electron chi connectivity index (χ1n) is 26.6. The number of hydrogen-bond acceptors (Lipinski definition) is 6. The van der Waals surface area contributed by atoms with Crippen molar-refractivity contribution in [2.45, 2.75) is 0 Å². The van der Waals surface area contributed by atoms with Crippen molar-refractivity contribution >= 4 is 151 Å². The number of furan rings is 2. The number of aromatic nitrogens is 3. The van der Waals surface area contributed by atoms with Gasteiger partial charge < -0.3 is 13.4 Å². The molecule has 79 heavy (non-hydrogen) atoms. The lowest BCUT2D eigenvalue weighted by Gasteiger charge is -2.14. The monoisotopic (exact) mass is 1040 g/mol. The zero-order valence-corrected chi connectivity index (χ0v) is 43.6. The molecule has 0 bridgehead atoms. The van der Waals surface area contributed by atoms with Crippen LogP contribution in [-0.4, -0.2) is 14.5 Å². The van der Waals surface area contributed by atoms with Crippen LogP contribution in [0.15, 0.2) is 245 Å². The molecule has 0 fully saturated rings. The van der Waals surface area contributed by atoms with Crippen molar-refractivity contribution in [2.75, 3.05) is 0 Å². The number of benzene rings is 11. The molecule has 5 nitrogen and oxygen atoms in total. The molecule has 0 saturated heterocycles. The van der Waals surface area contributed by atoms with Gasteiger partial charge in [0, 0.05) is 90.8 Å². The highest BCUT2D eigenvalue weighted by molar-refractivity contribution is 7.26. The third-order valence-electron chi connectivity index (χ3n) is 16.4. The molecule has 0 N–H and O–H groups in total. The minimum absolute atomic E-state index is 0.816. The highest BCUT2D eigenvalue weighted by Crippen LogP contribution is 2.50. The Kier molecular flexibility index (Phi) is 8.92. The third kappa shape index (κ3) is 6.19. The van der Waals surface area contributed by atoms with Crippen molar-refractivity contribution in [3.8, 4) is 50.2 Å². The van der Waals surface area contributed by atoms with Crippen molar-refractivity contribution in [1.29, 1.82) is 0 Å². The zero-order chi connectivity index (χ0) is 51.4. The van der Waals surface area contributed by atoms with Crippen LogP contribution in [0.2, 0.25) is 0 Å². The highest BCUT2D eigenvalue weighted by Gasteiger charge is 2.25. The Morgan fingerprint density at radius 3 is 1.58 bits per heavy atom. The summed E-state index contributed by atoms with van der Waals surface area (Å²) >= 11 is 3.53. The van der Waals surface area contributed by atoms with Crippen molar-refractivity contribution in [1.82, 2.24) is 14.5 Å². The lowest BCUT2D eigenvalue weighted by Crippen LogP contribution is -1.94. The molecule has 0 unspecified atom stereocenters. The van der Waals surface area contributed by atoms with Crippen molar-refractivity contribution in [3.05, 3.63) is 237 Å². The number of pyridine rings is 2. The summed E-state index contributed by atoms with van der Waals surface area (Å²) in [4.78, 5) is 12.9. The van der Waals surface area contributed by atoms with E-state index in [0.29, 0.717) is 0 Å². The summed E-state index contributed by atoms with van der Waals surface area (Å²) in [5.74, 6) is 0. The SMILES string of the molecule is c1cc(-c2c3oc4ccccc4c3cc3c2oc2ccccc23)cc(-c2c3cc(-c4cccc5c4sc4nc6ccccc6c(-c6ccc(-n7c8ccccc8c8ccccc87)cc6)c45)ccc3nc3sc4ccccc4c23)c1. The summed E-state index contributed by atoms with van der Waals surface area (Å²) in [6, 6.07) is 85.4. The van der Waals surface area contributed by atoms with Gasteiger partial charge in [-0.3, -0.25) is 0 Å². The normalized spacial score (nSPS) is 12.3. The Balaban J connectivity index is 0.845. The maximum absolute atomic E-state index is 6.82. The molecule has 0 aliphatic rings. The number of nitrogens with zero attached hydrogens (tertiary/aromatic N) is 3.